The molecule has 2 aliphatic heterocycles. The number of pyridine rings is 1. The van der Waals surface area contributed by atoms with Crippen molar-refractivity contribution in [2.75, 3.05) is 13.2 Å². The van der Waals surface area contributed by atoms with Crippen LogP contribution in [0.15, 0.2) is 48.7 Å². The fourth-order valence-corrected chi connectivity index (χ4v) is 6.19. The van der Waals surface area contributed by atoms with E-state index in [0.29, 0.717) is 25.1 Å². The Morgan fingerprint density at radius 1 is 1.13 bits per heavy atom. The molecule has 0 spiro atoms. The van der Waals surface area contributed by atoms with Crippen molar-refractivity contribution in [3.8, 4) is 5.88 Å². The zero-order chi connectivity index (χ0) is 32.2. The van der Waals surface area contributed by atoms with Gasteiger partial charge >= 0.3 is 12.1 Å². The number of rotatable bonds is 5. The van der Waals surface area contributed by atoms with E-state index in [1.165, 1.54) is 4.90 Å². The lowest BCUT2D eigenvalue weighted by Gasteiger charge is -2.30. The molecule has 45 heavy (non-hydrogen) atoms. The topological polar surface area (TPSA) is 136 Å². The van der Waals surface area contributed by atoms with E-state index in [4.69, 9.17) is 14.2 Å². The van der Waals surface area contributed by atoms with Crippen LogP contribution in [0.3, 0.4) is 0 Å². The number of benzene rings is 1. The van der Waals surface area contributed by atoms with E-state index < -0.39 is 53.2 Å². The normalized spacial score (nSPS) is 28.0. The highest BCUT2D eigenvalue weighted by Gasteiger charge is 2.62. The Morgan fingerprint density at radius 3 is 2.71 bits per heavy atom. The van der Waals surface area contributed by atoms with Crippen LogP contribution in [0, 0.1) is 5.92 Å². The Kier molecular flexibility index (Phi) is 9.65. The molecule has 1 saturated heterocycles. The summed E-state index contributed by atoms with van der Waals surface area (Å²) in [5.74, 6) is -1.12. The Bertz CT molecular complexity index is 1450. The molecule has 5 rings (SSSR count). The first-order valence-electron chi connectivity index (χ1n) is 16.0. The van der Waals surface area contributed by atoms with Crippen LogP contribution in [0.5, 0.6) is 5.88 Å². The third-order valence-electron chi connectivity index (χ3n) is 8.49. The first kappa shape index (κ1) is 32.2. The second-order valence-electron chi connectivity index (χ2n) is 13.1. The van der Waals surface area contributed by atoms with Crippen LogP contribution in [0.1, 0.15) is 72.6 Å². The van der Waals surface area contributed by atoms with Crippen molar-refractivity contribution in [3.63, 3.8) is 0 Å². The molecule has 5 unspecified atom stereocenters. The number of hydrogen-bond donors (Lipinski definition) is 2. The van der Waals surface area contributed by atoms with E-state index >= 15 is 0 Å². The van der Waals surface area contributed by atoms with Gasteiger partial charge in [0.1, 0.15) is 29.3 Å². The van der Waals surface area contributed by atoms with Crippen LogP contribution in [0.25, 0.3) is 10.8 Å². The number of allylic oxidation sites excluding steroid dienone is 1. The molecular formula is C34H44N4O7. The Labute approximate surface area is 264 Å². The molecule has 3 amide bonds. The molecule has 2 N–H and O–H groups in total. The summed E-state index contributed by atoms with van der Waals surface area (Å²) in [6.07, 6.45) is 8.66. The summed E-state index contributed by atoms with van der Waals surface area (Å²) in [7, 11) is 0. The summed E-state index contributed by atoms with van der Waals surface area (Å²) >= 11 is 0. The van der Waals surface area contributed by atoms with Gasteiger partial charge in [0.05, 0.1) is 13.2 Å². The van der Waals surface area contributed by atoms with E-state index in [9.17, 15) is 19.2 Å². The van der Waals surface area contributed by atoms with Crippen molar-refractivity contribution in [3.05, 3.63) is 48.7 Å². The van der Waals surface area contributed by atoms with Gasteiger partial charge in [0.25, 0.3) is 0 Å². The molecule has 242 valence electrons. The van der Waals surface area contributed by atoms with Crippen LogP contribution >= 0.6 is 0 Å². The monoisotopic (exact) mass is 620 g/mol. The van der Waals surface area contributed by atoms with Crippen LogP contribution in [0.4, 0.5) is 4.79 Å². The molecule has 3 heterocycles. The zero-order valence-corrected chi connectivity index (χ0v) is 26.5. The standard InChI is InChI=1S/C34H44N4O7/c1-5-43-31(41)34-20-23(34)14-9-7-6-8-10-16-26(36-32(42)45-33(2,3)4)30(40)38-21-24(19-27(38)28(39)37-34)44-29-25-15-12-11-13-22(25)17-18-35-29/h9,11-15,17-18,23-24,26-27H,5-8,10,16,19-21H2,1-4H3,(H,36,42)(H,37,39)/b14-9-. The van der Waals surface area contributed by atoms with E-state index in [1.807, 2.05) is 42.5 Å². The predicted molar refractivity (Wildman–Crippen MR) is 167 cm³/mol. The Hall–Kier alpha value is -4.15. The maximum absolute atomic E-state index is 14.2. The fourth-order valence-electron chi connectivity index (χ4n) is 6.19. The molecule has 11 heteroatoms. The fraction of sp³-hybridized carbons (Fsp3) is 0.559. The quantitative estimate of drug-likeness (QED) is 0.370. The molecule has 1 saturated carbocycles. The van der Waals surface area contributed by atoms with Gasteiger partial charge in [-0.1, -0.05) is 43.2 Å². The first-order chi connectivity index (χ1) is 21.5. The Morgan fingerprint density at radius 2 is 1.93 bits per heavy atom. The molecule has 2 aromatic rings. The van der Waals surface area contributed by atoms with Crippen molar-refractivity contribution in [1.82, 2.24) is 20.5 Å². The lowest BCUT2D eigenvalue weighted by atomic mass is 10.0. The maximum Gasteiger partial charge on any atom is 0.408 e. The van der Waals surface area contributed by atoms with E-state index in [2.05, 4.69) is 15.6 Å². The van der Waals surface area contributed by atoms with E-state index in [-0.39, 0.29) is 25.5 Å². The van der Waals surface area contributed by atoms with Crippen molar-refractivity contribution < 1.29 is 33.4 Å². The van der Waals surface area contributed by atoms with Crippen molar-refractivity contribution in [1.29, 1.82) is 0 Å². The smallest absolute Gasteiger partial charge is 0.408 e. The van der Waals surface area contributed by atoms with Gasteiger partial charge in [-0.15, -0.1) is 0 Å². The number of ether oxygens (including phenoxy) is 3. The Balaban J connectivity index is 1.45. The molecule has 1 aromatic carbocycles. The second-order valence-corrected chi connectivity index (χ2v) is 13.1. The largest absolute Gasteiger partial charge is 0.472 e. The van der Waals surface area contributed by atoms with Gasteiger partial charge in [0.15, 0.2) is 0 Å². The number of esters is 1. The minimum absolute atomic E-state index is 0.101. The van der Waals surface area contributed by atoms with Crippen molar-refractivity contribution >= 4 is 34.6 Å². The zero-order valence-electron chi connectivity index (χ0n) is 26.5. The third kappa shape index (κ3) is 7.57. The molecule has 11 nitrogen and oxygen atoms in total. The average Bonchev–Trinajstić information content (AvgIpc) is 3.51. The number of aromatic nitrogens is 1. The van der Waals surface area contributed by atoms with E-state index in [0.717, 1.165) is 30.0 Å². The van der Waals surface area contributed by atoms with Crippen molar-refractivity contribution in [2.24, 2.45) is 5.92 Å². The summed E-state index contributed by atoms with van der Waals surface area (Å²) in [5, 5.41) is 7.51. The number of fused-ring (bicyclic) bond motifs is 3. The molecule has 5 atom stereocenters. The van der Waals surface area contributed by atoms with E-state index in [1.54, 1.807) is 33.9 Å². The molecule has 1 aromatic heterocycles. The van der Waals surface area contributed by atoms with Gasteiger partial charge in [-0.3, -0.25) is 9.59 Å². The van der Waals surface area contributed by atoms with Gasteiger partial charge in [-0.05, 0) is 70.9 Å². The molecule has 2 fully saturated rings. The highest BCUT2D eigenvalue weighted by Crippen LogP contribution is 2.46. The SMILES string of the molecule is CCOC(=O)C12CC1/C=C\CCCCCC(NC(=O)OC(C)(C)C)C(=O)N1CC(Oc3nccc4ccccc34)CC1C(=O)N2. The van der Waals surface area contributed by atoms with Gasteiger partial charge < -0.3 is 29.7 Å². The number of nitrogens with one attached hydrogen (secondary N) is 2. The number of alkyl carbamates (subject to hydrolysis) is 1. The molecule has 0 radical (unpaired) electrons. The molecule has 3 aliphatic rings. The lowest BCUT2D eigenvalue weighted by Crippen LogP contribution is -2.56. The van der Waals surface area contributed by atoms with Gasteiger partial charge in [-0.2, -0.15) is 0 Å². The van der Waals surface area contributed by atoms with Crippen LogP contribution in [0.2, 0.25) is 0 Å². The maximum atomic E-state index is 14.2. The highest BCUT2D eigenvalue weighted by molar-refractivity contribution is 5.96. The summed E-state index contributed by atoms with van der Waals surface area (Å²) in [5.41, 5.74) is -1.93. The van der Waals surface area contributed by atoms with Crippen LogP contribution in [-0.4, -0.2) is 76.2 Å². The minimum atomic E-state index is -1.18. The molecule has 1 aliphatic carbocycles. The number of carbonyl (C=O) groups excluding carboxylic acids is 4. The molecule has 0 bridgehead atoms. The third-order valence-corrected chi connectivity index (χ3v) is 8.49. The number of carbonyl (C=O) groups is 4. The van der Waals surface area contributed by atoms with Gasteiger partial charge in [-0.25, -0.2) is 14.6 Å². The average molecular weight is 621 g/mol. The van der Waals surface area contributed by atoms with Gasteiger partial charge in [0, 0.05) is 23.9 Å². The summed E-state index contributed by atoms with van der Waals surface area (Å²) < 4.78 is 17.2. The first-order valence-corrected chi connectivity index (χ1v) is 16.0. The summed E-state index contributed by atoms with van der Waals surface area (Å²) in [6.45, 7) is 7.29. The predicted octanol–water partition coefficient (Wildman–Crippen LogP) is 4.43. The summed E-state index contributed by atoms with van der Waals surface area (Å²) in [4.78, 5) is 60.1. The number of hydrogen-bond acceptors (Lipinski definition) is 8. The van der Waals surface area contributed by atoms with Crippen LogP contribution in [-0.2, 0) is 23.9 Å². The summed E-state index contributed by atoms with van der Waals surface area (Å²) in [6, 6.07) is 7.74. The number of amides is 3. The lowest BCUT2D eigenvalue weighted by molar-refractivity contribution is -0.150. The highest BCUT2D eigenvalue weighted by atomic mass is 16.6. The van der Waals surface area contributed by atoms with Gasteiger partial charge in [0.2, 0.25) is 17.7 Å². The minimum Gasteiger partial charge on any atom is -0.472 e. The second kappa shape index (κ2) is 13.5. The number of nitrogens with zero attached hydrogens (tertiary/aromatic N) is 2. The van der Waals surface area contributed by atoms with Crippen molar-refractivity contribution in [2.45, 2.75) is 102 Å². The van der Waals surface area contributed by atoms with Crippen LogP contribution < -0.4 is 15.4 Å². The molecular weight excluding hydrogens is 576 g/mol.